The number of nitrogens with zero attached hydrogens (tertiary/aromatic N) is 4. The quantitative estimate of drug-likeness (QED) is 0.157. The number of nitrogens with one attached hydrogen (secondary N) is 1. The number of rotatable bonds is 14. The van der Waals surface area contributed by atoms with Gasteiger partial charge in [-0.15, -0.1) is 0 Å². The van der Waals surface area contributed by atoms with Crippen molar-refractivity contribution in [2.24, 2.45) is 5.92 Å². The molecule has 1 saturated heterocycles. The van der Waals surface area contributed by atoms with Crippen molar-refractivity contribution in [2.45, 2.75) is 32.7 Å². The second-order valence-corrected chi connectivity index (χ2v) is 9.90. The van der Waals surface area contributed by atoms with E-state index in [1.54, 1.807) is 33.4 Å². The average Bonchev–Trinajstić information content (AvgIpc) is 2.81. The van der Waals surface area contributed by atoms with Crippen LogP contribution in [0.15, 0.2) is 0 Å². The molecule has 5 N–H and O–H groups in total. The van der Waals surface area contributed by atoms with Gasteiger partial charge in [0.05, 0.1) is 26.2 Å². The van der Waals surface area contributed by atoms with Crippen molar-refractivity contribution in [2.75, 3.05) is 78.5 Å². The number of carbonyl (C=O) groups is 6. The van der Waals surface area contributed by atoms with Gasteiger partial charge < -0.3 is 25.7 Å². The molecule has 1 aliphatic rings. The number of aliphatic carboxylic acids is 4. The van der Waals surface area contributed by atoms with Crippen molar-refractivity contribution in [3.63, 3.8) is 0 Å². The second-order valence-electron chi connectivity index (χ2n) is 9.90. The first kappa shape index (κ1) is 33.9. The normalized spacial score (nSPS) is 18.0. The Balaban J connectivity index is 2.98. The first-order valence-corrected chi connectivity index (χ1v) is 12.9. The lowest BCUT2D eigenvalue weighted by Crippen LogP contribution is -2.51. The van der Waals surface area contributed by atoms with Crippen molar-refractivity contribution < 1.29 is 49.2 Å². The van der Waals surface area contributed by atoms with Crippen LogP contribution >= 0.6 is 0 Å². The molecule has 222 valence electrons. The van der Waals surface area contributed by atoms with Crippen LogP contribution in [0.1, 0.15) is 26.7 Å². The molecule has 0 aromatic heterocycles. The fourth-order valence-corrected chi connectivity index (χ4v) is 4.06. The summed E-state index contributed by atoms with van der Waals surface area (Å²) in [5, 5.41) is 39.8. The van der Waals surface area contributed by atoms with E-state index in [9.17, 15) is 49.2 Å². The highest BCUT2D eigenvalue weighted by Crippen LogP contribution is 2.06. The number of hydrogen-bond acceptors (Lipinski definition) is 10. The molecule has 1 rings (SSSR count). The van der Waals surface area contributed by atoms with E-state index >= 15 is 0 Å². The summed E-state index contributed by atoms with van der Waals surface area (Å²) < 4.78 is 0. The van der Waals surface area contributed by atoms with Gasteiger partial charge in [-0.25, -0.2) is 4.79 Å². The van der Waals surface area contributed by atoms with Gasteiger partial charge in [0.25, 0.3) is 0 Å². The predicted molar refractivity (Wildman–Crippen MR) is 137 cm³/mol. The maximum Gasteiger partial charge on any atom is 0.326 e. The topological polar surface area (TPSA) is 208 Å². The summed E-state index contributed by atoms with van der Waals surface area (Å²) in [7, 11) is 0. The second kappa shape index (κ2) is 17.4. The van der Waals surface area contributed by atoms with Crippen LogP contribution in [0.2, 0.25) is 0 Å². The number of carboxylic acid groups (broad SMARTS) is 4. The molecular formula is C24H41N5O10. The molecule has 39 heavy (non-hydrogen) atoms. The molecule has 0 aromatic rings. The van der Waals surface area contributed by atoms with Gasteiger partial charge in [-0.3, -0.25) is 43.6 Å². The van der Waals surface area contributed by atoms with Crippen LogP contribution in [0.3, 0.4) is 0 Å². The lowest BCUT2D eigenvalue weighted by atomic mass is 10.0. The maximum absolute atomic E-state index is 12.8. The van der Waals surface area contributed by atoms with Crippen LogP contribution in [0, 0.1) is 5.92 Å². The summed E-state index contributed by atoms with van der Waals surface area (Å²) >= 11 is 0. The van der Waals surface area contributed by atoms with Gasteiger partial charge >= 0.3 is 23.9 Å². The lowest BCUT2D eigenvalue weighted by Gasteiger charge is -2.33. The van der Waals surface area contributed by atoms with E-state index in [-0.39, 0.29) is 103 Å². The highest BCUT2D eigenvalue weighted by Gasteiger charge is 2.24. The Hall–Kier alpha value is -3.14. The monoisotopic (exact) mass is 559 g/mol. The largest absolute Gasteiger partial charge is 0.480 e. The molecule has 0 aliphatic carbocycles. The van der Waals surface area contributed by atoms with Crippen LogP contribution in [0.5, 0.6) is 0 Å². The Morgan fingerprint density at radius 3 is 1.23 bits per heavy atom. The lowest BCUT2D eigenvalue weighted by molar-refractivity contribution is -0.142. The Morgan fingerprint density at radius 2 is 0.949 bits per heavy atom. The Kier molecular flexibility index (Phi) is 15.2. The van der Waals surface area contributed by atoms with Gasteiger partial charge in [0.2, 0.25) is 5.91 Å². The van der Waals surface area contributed by atoms with E-state index in [1.807, 2.05) is 0 Å². The van der Waals surface area contributed by atoms with E-state index in [4.69, 9.17) is 0 Å². The van der Waals surface area contributed by atoms with E-state index in [0.717, 1.165) is 0 Å². The van der Waals surface area contributed by atoms with Gasteiger partial charge in [0, 0.05) is 64.7 Å². The van der Waals surface area contributed by atoms with E-state index in [2.05, 4.69) is 5.32 Å². The van der Waals surface area contributed by atoms with Gasteiger partial charge in [0.15, 0.2) is 0 Å². The number of amides is 1. The van der Waals surface area contributed by atoms with Crippen molar-refractivity contribution in [3.8, 4) is 0 Å². The molecule has 0 bridgehead atoms. The Bertz CT molecular complexity index is 836. The zero-order chi connectivity index (χ0) is 29.5. The van der Waals surface area contributed by atoms with Crippen LogP contribution in [0.4, 0.5) is 0 Å². The Labute approximate surface area is 227 Å². The van der Waals surface area contributed by atoms with Crippen molar-refractivity contribution >= 4 is 35.6 Å². The number of carbonyl (C=O) groups excluding carboxylic acids is 2. The number of hydrogen-bond donors (Lipinski definition) is 5. The smallest absolute Gasteiger partial charge is 0.326 e. The molecule has 1 fully saturated rings. The first-order valence-electron chi connectivity index (χ1n) is 12.9. The van der Waals surface area contributed by atoms with Gasteiger partial charge in [-0.1, -0.05) is 13.8 Å². The van der Waals surface area contributed by atoms with Gasteiger partial charge in [-0.2, -0.15) is 0 Å². The average molecular weight is 560 g/mol. The van der Waals surface area contributed by atoms with Crippen LogP contribution in [-0.2, 0) is 28.8 Å². The van der Waals surface area contributed by atoms with Crippen molar-refractivity contribution in [1.29, 1.82) is 0 Å². The van der Waals surface area contributed by atoms with E-state index in [1.165, 1.54) is 0 Å². The molecule has 0 radical (unpaired) electrons. The molecule has 15 heteroatoms. The molecule has 0 spiro atoms. The number of ketones is 1. The molecule has 0 saturated carbocycles. The highest BCUT2D eigenvalue weighted by atomic mass is 16.4. The minimum absolute atomic E-state index is 0.00577. The minimum Gasteiger partial charge on any atom is -0.480 e. The molecule has 1 atom stereocenters. The Morgan fingerprint density at radius 1 is 0.615 bits per heavy atom. The third-order valence-corrected chi connectivity index (χ3v) is 6.33. The van der Waals surface area contributed by atoms with Gasteiger partial charge in [0.1, 0.15) is 11.8 Å². The summed E-state index contributed by atoms with van der Waals surface area (Å²) in [5.41, 5.74) is 0. The van der Waals surface area contributed by atoms with Crippen LogP contribution < -0.4 is 5.32 Å². The maximum atomic E-state index is 12.8. The molecule has 15 nitrogen and oxygen atoms in total. The summed E-state index contributed by atoms with van der Waals surface area (Å²) in [6.07, 6.45) is -0.0461. The molecule has 1 heterocycles. The van der Waals surface area contributed by atoms with Gasteiger partial charge in [-0.05, 0) is 6.42 Å². The molecule has 0 aromatic carbocycles. The summed E-state index contributed by atoms with van der Waals surface area (Å²) in [4.78, 5) is 76.9. The van der Waals surface area contributed by atoms with E-state index < -0.39 is 35.8 Å². The fraction of sp³-hybridized carbons (Fsp3) is 0.750. The zero-order valence-corrected chi connectivity index (χ0v) is 22.6. The van der Waals surface area contributed by atoms with E-state index in [0.29, 0.717) is 0 Å². The number of carboxylic acids is 4. The third kappa shape index (κ3) is 15.1. The van der Waals surface area contributed by atoms with Crippen LogP contribution in [0.25, 0.3) is 0 Å². The first-order chi connectivity index (χ1) is 18.3. The summed E-state index contributed by atoms with van der Waals surface area (Å²) in [6.45, 7) is 4.21. The molecule has 0 unspecified atom stereocenters. The minimum atomic E-state index is -1.26. The van der Waals surface area contributed by atoms with Crippen molar-refractivity contribution in [1.82, 2.24) is 24.9 Å². The zero-order valence-electron chi connectivity index (χ0n) is 22.6. The molecular weight excluding hydrogens is 518 g/mol. The third-order valence-electron chi connectivity index (χ3n) is 6.33. The number of Topliss-reactive ketones (excluding diaryl/α,β-unsaturated/α-hetero) is 1. The molecule has 1 amide bonds. The summed E-state index contributed by atoms with van der Waals surface area (Å²) in [5.74, 6) is -5.41. The fourth-order valence-electron chi connectivity index (χ4n) is 4.06. The van der Waals surface area contributed by atoms with Crippen LogP contribution in [-0.4, -0.2) is 160 Å². The predicted octanol–water partition coefficient (Wildman–Crippen LogP) is -1.96. The molecule has 1 aliphatic heterocycles. The highest BCUT2D eigenvalue weighted by molar-refractivity contribution is 5.86. The SMILES string of the molecule is CC(C)C(=O)CC[C@@H](NC(=O)CN1CCN(CC(=O)O)CCN(CC(=O)O)CCN(CC(=O)O)CC1)C(=O)O. The summed E-state index contributed by atoms with van der Waals surface area (Å²) in [6, 6.07) is -1.25. The van der Waals surface area contributed by atoms with Crippen molar-refractivity contribution in [3.05, 3.63) is 0 Å². The standard InChI is InChI=1S/C24H41N5O10/c1-17(2)19(30)4-3-18(24(38)39)25-20(31)13-26-5-7-27(14-21(32)33)9-11-29(16-23(36)37)12-10-28(8-6-26)15-22(34)35/h17-18H,3-16H2,1-2H3,(H,25,31)(H,32,33)(H,34,35)(H,36,37)(H,38,39)/t18-/m1/s1.